The minimum absolute atomic E-state index is 0.107. The smallest absolute Gasteiger partial charge is 0.410 e. The van der Waals surface area contributed by atoms with Gasteiger partial charge in [0.15, 0.2) is 0 Å². The number of carbonyl (C=O) groups excluding carboxylic acids is 1. The van der Waals surface area contributed by atoms with Crippen LogP contribution in [0.5, 0.6) is 0 Å². The molecular formula is C35H44Cl2N6O2. The summed E-state index contributed by atoms with van der Waals surface area (Å²) in [6.45, 7) is 11.9. The number of nitrogens with zero attached hydrogens (tertiary/aromatic N) is 2. The maximum Gasteiger partial charge on any atom is 0.410 e. The Morgan fingerprint density at radius 3 is 2.56 bits per heavy atom. The normalized spacial score (nSPS) is 15.0. The lowest BCUT2D eigenvalue weighted by molar-refractivity contribution is 0.0818. The molecule has 0 spiro atoms. The summed E-state index contributed by atoms with van der Waals surface area (Å²) in [4.78, 5) is 18.2. The number of aryl methyl sites for hydroxylation is 1. The van der Waals surface area contributed by atoms with Crippen molar-refractivity contribution in [1.29, 1.82) is 0 Å². The van der Waals surface area contributed by atoms with Crippen molar-refractivity contribution < 1.29 is 9.53 Å². The number of allylic oxidation sites excluding steroid dienone is 5. The average molecular weight is 652 g/mol. The van der Waals surface area contributed by atoms with Gasteiger partial charge in [0.2, 0.25) is 0 Å². The van der Waals surface area contributed by atoms with E-state index >= 15 is 0 Å². The van der Waals surface area contributed by atoms with Crippen LogP contribution in [-0.4, -0.2) is 36.8 Å². The third-order valence-electron chi connectivity index (χ3n) is 7.54. The topological polar surface area (TPSA) is 118 Å². The van der Waals surface area contributed by atoms with E-state index in [0.717, 1.165) is 66.7 Å². The number of likely N-dealkylation sites (tertiary alicyclic amines) is 1. The van der Waals surface area contributed by atoms with Crippen LogP contribution in [0.25, 0.3) is 0 Å². The Bertz CT molecular complexity index is 1430. The number of aliphatic imine (C=N–C) groups is 1. The lowest BCUT2D eigenvalue weighted by atomic mass is 9.93. The number of hydrogen-bond donors (Lipinski definition) is 4. The summed E-state index contributed by atoms with van der Waals surface area (Å²) in [5, 5.41) is 7.10. The van der Waals surface area contributed by atoms with Gasteiger partial charge in [-0.3, -0.25) is 0 Å². The summed E-state index contributed by atoms with van der Waals surface area (Å²) >= 11 is 11.9. The molecule has 1 saturated heterocycles. The number of piperidine rings is 1. The largest absolute Gasteiger partial charge is 0.445 e. The van der Waals surface area contributed by atoms with E-state index in [4.69, 9.17) is 39.4 Å². The second-order valence-corrected chi connectivity index (χ2v) is 11.6. The van der Waals surface area contributed by atoms with E-state index in [0.29, 0.717) is 31.3 Å². The summed E-state index contributed by atoms with van der Waals surface area (Å²) in [7, 11) is 0. The first kappa shape index (κ1) is 35.3. The first-order valence-corrected chi connectivity index (χ1v) is 15.8. The molecule has 1 fully saturated rings. The number of halogens is 2. The fourth-order valence-electron chi connectivity index (χ4n) is 4.90. The highest BCUT2D eigenvalue weighted by atomic mass is 35.5. The Morgan fingerprint density at radius 2 is 1.89 bits per heavy atom. The molecule has 6 N–H and O–H groups in total. The highest BCUT2D eigenvalue weighted by Gasteiger charge is 2.23. The van der Waals surface area contributed by atoms with Gasteiger partial charge in [-0.1, -0.05) is 78.8 Å². The van der Waals surface area contributed by atoms with Gasteiger partial charge in [0, 0.05) is 36.7 Å². The van der Waals surface area contributed by atoms with Gasteiger partial charge >= 0.3 is 6.09 Å². The van der Waals surface area contributed by atoms with Crippen molar-refractivity contribution in [3.63, 3.8) is 0 Å². The Hall–Kier alpha value is -4.14. The molecule has 0 aromatic heterocycles. The fraction of sp³-hybridized carbons (Fsp3) is 0.314. The van der Waals surface area contributed by atoms with Gasteiger partial charge in [0.05, 0.1) is 11.2 Å². The highest BCUT2D eigenvalue weighted by molar-refractivity contribution is 6.40. The van der Waals surface area contributed by atoms with Crippen LogP contribution in [0.15, 0.2) is 112 Å². The maximum atomic E-state index is 12.5. The Morgan fingerprint density at radius 1 is 1.16 bits per heavy atom. The predicted octanol–water partition coefficient (Wildman–Crippen LogP) is 8.00. The number of nitrogens with two attached hydrogens (primary N) is 2. The van der Waals surface area contributed by atoms with Crippen LogP contribution < -0.4 is 22.1 Å². The molecule has 1 amide bonds. The van der Waals surface area contributed by atoms with Gasteiger partial charge in [0.1, 0.15) is 17.6 Å². The number of rotatable bonds is 15. The van der Waals surface area contributed by atoms with Crippen LogP contribution in [0.1, 0.15) is 43.7 Å². The first-order chi connectivity index (χ1) is 21.7. The van der Waals surface area contributed by atoms with Crippen LogP contribution in [0.3, 0.4) is 0 Å². The van der Waals surface area contributed by atoms with Crippen LogP contribution in [0, 0.1) is 5.92 Å². The first-order valence-electron chi connectivity index (χ1n) is 15.1. The second kappa shape index (κ2) is 18.6. The van der Waals surface area contributed by atoms with E-state index in [1.807, 2.05) is 72.5 Å². The van der Waals surface area contributed by atoms with E-state index in [1.165, 1.54) is 6.21 Å². The molecule has 2 aromatic rings. The summed E-state index contributed by atoms with van der Waals surface area (Å²) in [5.41, 5.74) is 17.8. The van der Waals surface area contributed by atoms with Gasteiger partial charge in [0.25, 0.3) is 0 Å². The van der Waals surface area contributed by atoms with E-state index in [-0.39, 0.29) is 22.1 Å². The Kier molecular flexibility index (Phi) is 14.6. The Labute approximate surface area is 277 Å². The molecule has 1 aliphatic rings. The minimum atomic E-state index is -0.244. The van der Waals surface area contributed by atoms with Crippen molar-refractivity contribution in [1.82, 2.24) is 4.90 Å². The maximum absolute atomic E-state index is 12.5. The zero-order valence-corrected chi connectivity index (χ0v) is 27.4. The summed E-state index contributed by atoms with van der Waals surface area (Å²) in [5.74, 6) is 0.768. The molecule has 0 atom stereocenters. The molecule has 0 saturated carbocycles. The van der Waals surface area contributed by atoms with Gasteiger partial charge in [-0.05, 0) is 85.9 Å². The van der Waals surface area contributed by atoms with Gasteiger partial charge in [-0.2, -0.15) is 0 Å². The molecule has 0 aliphatic carbocycles. The molecule has 240 valence electrons. The molecule has 8 nitrogen and oxygen atoms in total. The molecular weight excluding hydrogens is 607 g/mol. The quantitative estimate of drug-likeness (QED) is 0.0881. The SMILES string of the molecule is C=C/C(=C\C(N)=C/C)CCc1cc(N/C(N)=C(Cl)/C=N\C(=C)Cl)ccc1NCCC1CCN(C(=O)OCc2ccccc2)CC1. The van der Waals surface area contributed by atoms with Gasteiger partial charge in [-0.15, -0.1) is 0 Å². The molecule has 1 heterocycles. The lowest BCUT2D eigenvalue weighted by Crippen LogP contribution is -2.39. The minimum Gasteiger partial charge on any atom is -0.445 e. The third-order valence-corrected chi connectivity index (χ3v) is 7.93. The summed E-state index contributed by atoms with van der Waals surface area (Å²) < 4.78 is 5.51. The Balaban J connectivity index is 1.60. The molecule has 1 aliphatic heterocycles. The molecule has 0 unspecified atom stereocenters. The van der Waals surface area contributed by atoms with Crippen molar-refractivity contribution in [3.05, 3.63) is 118 Å². The molecule has 0 radical (unpaired) electrons. The molecule has 3 rings (SSSR count). The van der Waals surface area contributed by atoms with E-state index < -0.39 is 0 Å². The highest BCUT2D eigenvalue weighted by Crippen LogP contribution is 2.26. The lowest BCUT2D eigenvalue weighted by Gasteiger charge is -2.31. The van der Waals surface area contributed by atoms with Crippen LogP contribution in [-0.2, 0) is 17.8 Å². The monoisotopic (exact) mass is 650 g/mol. The van der Waals surface area contributed by atoms with Crippen molar-refractivity contribution in [2.45, 2.75) is 45.6 Å². The third kappa shape index (κ3) is 12.4. The second-order valence-electron chi connectivity index (χ2n) is 10.8. The predicted molar refractivity (Wildman–Crippen MR) is 189 cm³/mol. The van der Waals surface area contributed by atoms with E-state index in [1.54, 1.807) is 0 Å². The molecule has 0 bridgehead atoms. The number of benzene rings is 2. The van der Waals surface area contributed by atoms with Crippen molar-refractivity contribution >= 4 is 46.9 Å². The number of carbonyl (C=O) groups is 1. The number of amides is 1. The van der Waals surface area contributed by atoms with Gasteiger partial charge in [-0.25, -0.2) is 9.79 Å². The van der Waals surface area contributed by atoms with Crippen LogP contribution in [0.2, 0.25) is 0 Å². The van der Waals surface area contributed by atoms with E-state index in [2.05, 4.69) is 34.9 Å². The number of anilines is 2. The summed E-state index contributed by atoms with van der Waals surface area (Å²) in [6, 6.07) is 15.8. The number of hydrogen-bond acceptors (Lipinski definition) is 7. The van der Waals surface area contributed by atoms with Crippen molar-refractivity contribution in [2.24, 2.45) is 22.4 Å². The zero-order valence-electron chi connectivity index (χ0n) is 25.9. The van der Waals surface area contributed by atoms with Crippen LogP contribution >= 0.6 is 23.2 Å². The molecule has 2 aromatic carbocycles. The van der Waals surface area contributed by atoms with Gasteiger partial charge < -0.3 is 31.7 Å². The molecule has 10 heteroatoms. The van der Waals surface area contributed by atoms with Crippen molar-refractivity contribution in [3.8, 4) is 0 Å². The fourth-order valence-corrected chi connectivity index (χ4v) is 5.04. The number of nitrogens with one attached hydrogen (secondary N) is 2. The van der Waals surface area contributed by atoms with E-state index in [9.17, 15) is 4.79 Å². The summed E-state index contributed by atoms with van der Waals surface area (Å²) in [6.07, 6.45) is 11.1. The standard InChI is InChI=1S/C35H44Cl2N6O2/c1-4-26(21-30(38)5-2)11-12-29-22-31(42-34(39)32(37)23-41-25(3)36)13-14-33(29)40-18-15-27-16-19-43(20-17-27)35(44)45-24-28-9-7-6-8-10-28/h4-10,13-14,21-23,27,40,42H,1,3,11-12,15-20,24,38-39H2,2H3/b26-21+,30-5+,34-32-,41-23-. The zero-order chi connectivity index (χ0) is 32.6. The average Bonchev–Trinajstić information content (AvgIpc) is 3.05. The van der Waals surface area contributed by atoms with Crippen LogP contribution in [0.4, 0.5) is 16.2 Å². The number of ether oxygens (including phenoxy) is 1. The van der Waals surface area contributed by atoms with Crippen molar-refractivity contribution in [2.75, 3.05) is 30.3 Å². The molecule has 45 heavy (non-hydrogen) atoms.